The van der Waals surface area contributed by atoms with E-state index in [2.05, 4.69) is 10.9 Å². The van der Waals surface area contributed by atoms with Crippen LogP contribution in [0.2, 0.25) is 0 Å². The second-order valence-electron chi connectivity index (χ2n) is 7.77. The lowest BCUT2D eigenvalue weighted by Crippen LogP contribution is -2.32. The molecule has 2 aromatic rings. The number of sulfonamides is 1. The number of carbonyl (C=O) groups excluding carboxylic acids is 1. The number of nitrogens with one attached hydrogen (secondary N) is 2. The van der Waals surface area contributed by atoms with Crippen molar-refractivity contribution >= 4 is 16.0 Å². The fraction of sp³-hybridized carbons (Fsp3) is 0.409. The molecule has 0 aromatic heterocycles. The van der Waals surface area contributed by atoms with E-state index in [1.807, 2.05) is 0 Å². The predicted molar refractivity (Wildman–Crippen MR) is 115 cm³/mol. The molecule has 9 heteroatoms. The third-order valence-corrected chi connectivity index (χ3v) is 7.58. The Labute approximate surface area is 182 Å². The van der Waals surface area contributed by atoms with E-state index in [1.165, 1.54) is 29.6 Å². The molecule has 2 N–H and O–H groups in total. The zero-order valence-electron chi connectivity index (χ0n) is 17.9. The molecule has 2 atom stereocenters. The third-order valence-electron chi connectivity index (χ3n) is 5.58. The van der Waals surface area contributed by atoms with Crippen LogP contribution < -0.4 is 10.9 Å². The van der Waals surface area contributed by atoms with Gasteiger partial charge in [-0.3, -0.25) is 10.9 Å². The van der Waals surface area contributed by atoms with Gasteiger partial charge in [0, 0.05) is 25.7 Å². The summed E-state index contributed by atoms with van der Waals surface area (Å²) in [6, 6.07) is 11.2. The maximum atomic E-state index is 13.1. The average Bonchev–Trinajstić information content (AvgIpc) is 3.22. The van der Waals surface area contributed by atoms with E-state index in [1.54, 1.807) is 38.2 Å². The van der Waals surface area contributed by atoms with E-state index in [9.17, 15) is 17.6 Å². The first kappa shape index (κ1) is 23.3. The van der Waals surface area contributed by atoms with Gasteiger partial charge in [0.1, 0.15) is 5.82 Å². The number of rotatable bonds is 8. The van der Waals surface area contributed by atoms with Gasteiger partial charge in [-0.05, 0) is 61.6 Å². The van der Waals surface area contributed by atoms with Crippen LogP contribution in [0.25, 0.3) is 0 Å². The number of hydrogen-bond acceptors (Lipinski definition) is 6. The van der Waals surface area contributed by atoms with Gasteiger partial charge in [-0.1, -0.05) is 18.2 Å². The molecule has 3 rings (SSSR count). The molecule has 2 aromatic carbocycles. The van der Waals surface area contributed by atoms with E-state index in [0.29, 0.717) is 18.5 Å². The molecule has 0 saturated carbocycles. The lowest BCUT2D eigenvalue weighted by molar-refractivity contribution is 0.0600. The number of hydrazine groups is 1. The zero-order valence-corrected chi connectivity index (χ0v) is 18.7. The summed E-state index contributed by atoms with van der Waals surface area (Å²) < 4.78 is 45.2. The molecule has 0 amide bonds. The molecule has 1 aliphatic heterocycles. The minimum Gasteiger partial charge on any atom is -0.465 e. The normalized spacial score (nSPS) is 19.0. The van der Waals surface area contributed by atoms with Crippen LogP contribution in [0.15, 0.2) is 47.4 Å². The highest BCUT2D eigenvalue weighted by Crippen LogP contribution is 2.25. The lowest BCUT2D eigenvalue weighted by Gasteiger charge is -2.20. The highest BCUT2D eigenvalue weighted by atomic mass is 32.2. The van der Waals surface area contributed by atoms with Crippen molar-refractivity contribution in [3.8, 4) is 0 Å². The number of benzene rings is 2. The Morgan fingerprint density at radius 3 is 2.58 bits per heavy atom. The van der Waals surface area contributed by atoms with Crippen LogP contribution in [0, 0.1) is 12.7 Å². The Morgan fingerprint density at radius 2 is 1.90 bits per heavy atom. The highest BCUT2D eigenvalue weighted by molar-refractivity contribution is 7.89. The van der Waals surface area contributed by atoms with Crippen LogP contribution in [-0.4, -0.2) is 45.4 Å². The van der Waals surface area contributed by atoms with Crippen LogP contribution in [0.5, 0.6) is 0 Å². The first-order chi connectivity index (χ1) is 14.7. The van der Waals surface area contributed by atoms with Gasteiger partial charge in [0.2, 0.25) is 10.0 Å². The zero-order chi connectivity index (χ0) is 22.6. The minimum absolute atomic E-state index is 0.0933. The second-order valence-corrected chi connectivity index (χ2v) is 9.78. The van der Waals surface area contributed by atoms with Crippen molar-refractivity contribution in [2.75, 3.05) is 20.7 Å². The van der Waals surface area contributed by atoms with Crippen LogP contribution in [0.3, 0.4) is 0 Å². The standard InChI is InChI=1S/C22H28FN3O4S/c1-15-6-7-17(22(27)30-3)13-21(15)31(28,29)26(2)12-4-5-19-14-20(25-24-19)16-8-10-18(23)11-9-16/h6-11,13,19-20,24-25H,4-5,12,14H2,1-3H3. The Bertz CT molecular complexity index is 1030. The van der Waals surface area contributed by atoms with Gasteiger partial charge in [0.05, 0.1) is 17.6 Å². The molecular weight excluding hydrogens is 421 g/mol. The first-order valence-electron chi connectivity index (χ1n) is 10.1. The van der Waals surface area contributed by atoms with E-state index >= 15 is 0 Å². The van der Waals surface area contributed by atoms with Crippen LogP contribution in [-0.2, 0) is 14.8 Å². The fourth-order valence-corrected chi connectivity index (χ4v) is 5.15. The van der Waals surface area contributed by atoms with E-state index in [-0.39, 0.29) is 28.4 Å². The molecule has 1 heterocycles. The summed E-state index contributed by atoms with van der Waals surface area (Å²) in [6.45, 7) is 2.05. The number of aryl methyl sites for hydroxylation is 1. The second kappa shape index (κ2) is 9.86. The summed E-state index contributed by atoms with van der Waals surface area (Å²) in [5, 5.41) is 0. The highest BCUT2D eigenvalue weighted by Gasteiger charge is 2.27. The maximum Gasteiger partial charge on any atom is 0.337 e. The summed E-state index contributed by atoms with van der Waals surface area (Å²) in [5.41, 5.74) is 8.24. The van der Waals surface area contributed by atoms with Gasteiger partial charge in [0.15, 0.2) is 0 Å². The monoisotopic (exact) mass is 449 g/mol. The molecule has 31 heavy (non-hydrogen) atoms. The number of halogens is 1. The number of esters is 1. The third kappa shape index (κ3) is 5.48. The summed E-state index contributed by atoms with van der Waals surface area (Å²) in [5.74, 6) is -0.836. The fourth-order valence-electron chi connectivity index (χ4n) is 3.70. The lowest BCUT2D eigenvalue weighted by atomic mass is 10.00. The smallest absolute Gasteiger partial charge is 0.337 e. The molecule has 168 valence electrons. The van der Waals surface area contributed by atoms with Crippen molar-refractivity contribution in [2.24, 2.45) is 0 Å². The minimum atomic E-state index is -3.73. The SMILES string of the molecule is COC(=O)c1ccc(C)c(S(=O)(=O)N(C)CCCC2CC(c3ccc(F)cc3)NN2)c1. The van der Waals surface area contributed by atoms with Gasteiger partial charge in [-0.25, -0.2) is 21.9 Å². The Hall–Kier alpha value is -2.33. The molecule has 1 saturated heterocycles. The summed E-state index contributed by atoms with van der Waals surface area (Å²) in [6.07, 6.45) is 2.29. The molecular formula is C22H28FN3O4S. The van der Waals surface area contributed by atoms with Crippen molar-refractivity contribution in [3.63, 3.8) is 0 Å². The van der Waals surface area contributed by atoms with Crippen molar-refractivity contribution in [3.05, 3.63) is 65.0 Å². The summed E-state index contributed by atoms with van der Waals surface area (Å²) >= 11 is 0. The number of ether oxygens (including phenoxy) is 1. The molecule has 0 spiro atoms. The first-order valence-corrected chi connectivity index (χ1v) is 11.6. The van der Waals surface area contributed by atoms with E-state index < -0.39 is 16.0 Å². The number of carbonyl (C=O) groups is 1. The maximum absolute atomic E-state index is 13.1. The average molecular weight is 450 g/mol. The topological polar surface area (TPSA) is 87.7 Å². The number of hydrogen-bond donors (Lipinski definition) is 2. The van der Waals surface area contributed by atoms with Crippen molar-refractivity contribution < 1.29 is 22.3 Å². The molecule has 7 nitrogen and oxygen atoms in total. The van der Waals surface area contributed by atoms with Gasteiger partial charge in [0.25, 0.3) is 0 Å². The number of methoxy groups -OCH3 is 1. The predicted octanol–water partition coefficient (Wildman–Crippen LogP) is 2.93. The largest absolute Gasteiger partial charge is 0.465 e. The van der Waals surface area contributed by atoms with Gasteiger partial charge in [-0.2, -0.15) is 0 Å². The molecule has 0 bridgehead atoms. The van der Waals surface area contributed by atoms with Crippen molar-refractivity contribution in [2.45, 2.75) is 43.2 Å². The van der Waals surface area contributed by atoms with Crippen LogP contribution in [0.1, 0.15) is 46.8 Å². The Morgan fingerprint density at radius 1 is 1.19 bits per heavy atom. The van der Waals surface area contributed by atoms with Gasteiger partial charge >= 0.3 is 5.97 Å². The summed E-state index contributed by atoms with van der Waals surface area (Å²) in [4.78, 5) is 11.9. The quantitative estimate of drug-likeness (QED) is 0.603. The summed E-state index contributed by atoms with van der Waals surface area (Å²) in [7, 11) is -0.932. The van der Waals surface area contributed by atoms with Crippen LogP contribution in [0.4, 0.5) is 4.39 Å². The molecule has 0 radical (unpaired) electrons. The van der Waals surface area contributed by atoms with Gasteiger partial charge < -0.3 is 4.74 Å². The van der Waals surface area contributed by atoms with Crippen molar-refractivity contribution in [1.29, 1.82) is 0 Å². The van der Waals surface area contributed by atoms with E-state index in [0.717, 1.165) is 18.4 Å². The molecule has 1 fully saturated rings. The molecule has 1 aliphatic rings. The molecule has 2 unspecified atom stereocenters. The van der Waals surface area contributed by atoms with E-state index in [4.69, 9.17) is 4.74 Å². The van der Waals surface area contributed by atoms with Crippen LogP contribution >= 0.6 is 0 Å². The Balaban J connectivity index is 1.56. The number of nitrogens with zero attached hydrogens (tertiary/aromatic N) is 1. The Kier molecular flexibility index (Phi) is 7.42. The van der Waals surface area contributed by atoms with Crippen molar-refractivity contribution in [1.82, 2.24) is 15.2 Å². The van der Waals surface area contributed by atoms with Gasteiger partial charge in [-0.15, -0.1) is 0 Å². The molecule has 0 aliphatic carbocycles.